The Morgan fingerprint density at radius 1 is 1.45 bits per heavy atom. The molecule has 0 bridgehead atoms. The van der Waals surface area contributed by atoms with Crippen LogP contribution in [0.5, 0.6) is 5.75 Å². The third-order valence-electron chi connectivity index (χ3n) is 2.82. The van der Waals surface area contributed by atoms with Crippen LogP contribution >= 0.6 is 10.7 Å². The predicted molar refractivity (Wildman–Crippen MR) is 77.5 cm³/mol. The number of ether oxygens (including phenoxy) is 1. The molecular weight excluding hydrogens is 334 g/mol. The lowest BCUT2D eigenvalue weighted by molar-refractivity contribution is -0.137. The van der Waals surface area contributed by atoms with Crippen molar-refractivity contribution < 1.29 is 27.5 Å². The molecule has 0 radical (unpaired) electrons. The van der Waals surface area contributed by atoms with Gasteiger partial charge < -0.3 is 14.3 Å². The van der Waals surface area contributed by atoms with Gasteiger partial charge in [0.1, 0.15) is 10.6 Å². The molecule has 0 unspecified atom stereocenters. The summed E-state index contributed by atoms with van der Waals surface area (Å²) in [7, 11) is 2.72. The van der Waals surface area contributed by atoms with Crippen molar-refractivity contribution in [1.82, 2.24) is 4.98 Å². The van der Waals surface area contributed by atoms with Gasteiger partial charge >= 0.3 is 5.97 Å². The second-order valence-electron chi connectivity index (χ2n) is 4.32. The highest BCUT2D eigenvalue weighted by molar-refractivity contribution is 8.13. The first kappa shape index (κ1) is 16.3. The van der Waals surface area contributed by atoms with E-state index < -0.39 is 15.0 Å². The van der Waals surface area contributed by atoms with E-state index in [9.17, 15) is 13.2 Å². The van der Waals surface area contributed by atoms with E-state index in [0.29, 0.717) is 11.3 Å². The second-order valence-corrected chi connectivity index (χ2v) is 6.85. The van der Waals surface area contributed by atoms with Crippen molar-refractivity contribution >= 4 is 25.7 Å². The average Bonchev–Trinajstić information content (AvgIpc) is 2.92. The number of aryl methyl sites for hydroxylation is 1. The Morgan fingerprint density at radius 2 is 2.18 bits per heavy atom. The SMILES string of the molecule is COc1ccc(-c2cnc(CCC(=O)O)o2)cc1S(=O)(=O)Cl. The Hall–Kier alpha value is -2.06. The lowest BCUT2D eigenvalue weighted by Gasteiger charge is -2.06. The smallest absolute Gasteiger partial charge is 0.303 e. The Morgan fingerprint density at radius 3 is 2.77 bits per heavy atom. The molecule has 0 spiro atoms. The monoisotopic (exact) mass is 345 g/mol. The number of carboxylic acids is 1. The number of hydrogen-bond donors (Lipinski definition) is 1. The van der Waals surface area contributed by atoms with Crippen molar-refractivity contribution in [1.29, 1.82) is 0 Å². The molecule has 118 valence electrons. The van der Waals surface area contributed by atoms with Gasteiger partial charge in [0.05, 0.1) is 19.7 Å². The quantitative estimate of drug-likeness (QED) is 0.800. The first-order valence-corrected chi connectivity index (χ1v) is 8.42. The molecule has 0 aliphatic heterocycles. The van der Waals surface area contributed by atoms with Gasteiger partial charge in [-0.15, -0.1) is 0 Å². The van der Waals surface area contributed by atoms with Gasteiger partial charge in [-0.1, -0.05) is 0 Å². The Labute approximate surface area is 130 Å². The fourth-order valence-electron chi connectivity index (χ4n) is 1.79. The fraction of sp³-hybridized carbons (Fsp3) is 0.231. The van der Waals surface area contributed by atoms with Crippen molar-refractivity contribution in [2.45, 2.75) is 17.7 Å². The van der Waals surface area contributed by atoms with E-state index >= 15 is 0 Å². The third kappa shape index (κ3) is 3.77. The number of aromatic nitrogens is 1. The van der Waals surface area contributed by atoms with Crippen LogP contribution in [0.15, 0.2) is 33.7 Å². The Kier molecular flexibility index (Phi) is 4.72. The standard InChI is InChI=1S/C13H12ClNO6S/c1-20-9-3-2-8(6-11(9)22(14,18)19)10-7-15-12(21-10)4-5-13(16)17/h2-3,6-7H,4-5H2,1H3,(H,16,17). The summed E-state index contributed by atoms with van der Waals surface area (Å²) < 4.78 is 33.5. The van der Waals surface area contributed by atoms with E-state index in [1.165, 1.54) is 25.4 Å². The summed E-state index contributed by atoms with van der Waals surface area (Å²) in [6, 6.07) is 4.35. The van der Waals surface area contributed by atoms with Crippen LogP contribution in [0.25, 0.3) is 11.3 Å². The lowest BCUT2D eigenvalue weighted by Crippen LogP contribution is -1.97. The van der Waals surface area contributed by atoms with Gasteiger partial charge in [0.25, 0.3) is 9.05 Å². The van der Waals surface area contributed by atoms with Gasteiger partial charge in [0, 0.05) is 22.7 Å². The molecule has 7 nitrogen and oxygen atoms in total. The van der Waals surface area contributed by atoms with Crippen LogP contribution in [0.2, 0.25) is 0 Å². The molecule has 1 N–H and O–H groups in total. The molecule has 1 heterocycles. The Balaban J connectivity index is 2.35. The number of methoxy groups -OCH3 is 1. The number of aliphatic carboxylic acids is 1. The minimum atomic E-state index is -3.98. The van der Waals surface area contributed by atoms with Gasteiger partial charge in [-0.25, -0.2) is 13.4 Å². The summed E-state index contributed by atoms with van der Waals surface area (Å²) in [5, 5.41) is 8.62. The van der Waals surface area contributed by atoms with E-state index in [-0.39, 0.29) is 29.4 Å². The van der Waals surface area contributed by atoms with E-state index in [1.54, 1.807) is 6.07 Å². The van der Waals surface area contributed by atoms with E-state index in [4.69, 9.17) is 24.9 Å². The summed E-state index contributed by atoms with van der Waals surface area (Å²) in [6.45, 7) is 0. The molecule has 0 saturated carbocycles. The molecule has 0 aliphatic rings. The maximum atomic E-state index is 11.6. The van der Waals surface area contributed by atoms with Gasteiger partial charge in [-0.3, -0.25) is 4.79 Å². The number of hydrogen-bond acceptors (Lipinski definition) is 6. The average molecular weight is 346 g/mol. The summed E-state index contributed by atoms with van der Waals surface area (Å²) in [6.07, 6.45) is 1.43. The highest BCUT2D eigenvalue weighted by atomic mass is 35.7. The third-order valence-corrected chi connectivity index (χ3v) is 4.16. The predicted octanol–water partition coefficient (Wildman–Crippen LogP) is 2.29. The number of halogens is 1. The minimum Gasteiger partial charge on any atom is -0.495 e. The molecule has 2 aromatic rings. The zero-order valence-electron chi connectivity index (χ0n) is 11.4. The number of benzene rings is 1. The summed E-state index contributed by atoms with van der Waals surface area (Å²) in [5.74, 6) is -0.280. The lowest BCUT2D eigenvalue weighted by atomic mass is 10.2. The summed E-state index contributed by atoms with van der Waals surface area (Å²) >= 11 is 0. The van der Waals surface area contributed by atoms with Crippen LogP contribution in [0, 0.1) is 0 Å². The largest absolute Gasteiger partial charge is 0.495 e. The van der Waals surface area contributed by atoms with Crippen molar-refractivity contribution in [3.05, 3.63) is 30.3 Å². The molecule has 0 atom stereocenters. The molecular formula is C13H12ClNO6S. The number of nitrogens with zero attached hydrogens (tertiary/aromatic N) is 1. The van der Waals surface area contributed by atoms with E-state index in [1.807, 2.05) is 0 Å². The topological polar surface area (TPSA) is 107 Å². The number of carbonyl (C=O) groups is 1. The molecule has 2 rings (SSSR count). The van der Waals surface area contributed by atoms with Crippen LogP contribution in [0.1, 0.15) is 12.3 Å². The first-order valence-electron chi connectivity index (χ1n) is 6.11. The summed E-state index contributed by atoms with van der Waals surface area (Å²) in [5.41, 5.74) is 0.439. The van der Waals surface area contributed by atoms with Gasteiger partial charge in [0.15, 0.2) is 11.7 Å². The molecule has 0 amide bonds. The maximum Gasteiger partial charge on any atom is 0.303 e. The van der Waals surface area contributed by atoms with Gasteiger partial charge in [-0.2, -0.15) is 0 Å². The number of carboxylic acid groups (broad SMARTS) is 1. The zero-order chi connectivity index (χ0) is 16.3. The first-order chi connectivity index (χ1) is 10.3. The van der Waals surface area contributed by atoms with Crippen LogP contribution < -0.4 is 4.74 Å². The highest BCUT2D eigenvalue weighted by Gasteiger charge is 2.19. The molecule has 22 heavy (non-hydrogen) atoms. The number of rotatable bonds is 6. The second kappa shape index (κ2) is 6.37. The molecule has 0 aliphatic carbocycles. The molecule has 0 fully saturated rings. The van der Waals surface area contributed by atoms with Crippen molar-refractivity contribution in [3.63, 3.8) is 0 Å². The molecule has 1 aromatic carbocycles. The van der Waals surface area contributed by atoms with E-state index in [0.717, 1.165) is 0 Å². The number of oxazole rings is 1. The van der Waals surface area contributed by atoms with Gasteiger partial charge in [-0.05, 0) is 18.2 Å². The minimum absolute atomic E-state index is 0.107. The fourth-order valence-corrected chi connectivity index (χ4v) is 2.81. The van der Waals surface area contributed by atoms with E-state index in [2.05, 4.69) is 4.98 Å². The molecule has 9 heteroatoms. The zero-order valence-corrected chi connectivity index (χ0v) is 13.0. The summed E-state index contributed by atoms with van der Waals surface area (Å²) in [4.78, 5) is 14.3. The maximum absolute atomic E-state index is 11.6. The molecule has 0 saturated heterocycles. The van der Waals surface area contributed by atoms with Crippen LogP contribution in [0.4, 0.5) is 0 Å². The highest BCUT2D eigenvalue weighted by Crippen LogP contribution is 2.32. The van der Waals surface area contributed by atoms with Gasteiger partial charge in [0.2, 0.25) is 0 Å². The van der Waals surface area contributed by atoms with Crippen LogP contribution in [0.3, 0.4) is 0 Å². The van der Waals surface area contributed by atoms with Crippen LogP contribution in [-0.4, -0.2) is 31.6 Å². The van der Waals surface area contributed by atoms with Crippen molar-refractivity contribution in [2.75, 3.05) is 7.11 Å². The van der Waals surface area contributed by atoms with Crippen LogP contribution in [-0.2, 0) is 20.3 Å². The normalized spacial score (nSPS) is 11.4. The molecule has 1 aromatic heterocycles. The Bertz CT molecular complexity index is 799. The van der Waals surface area contributed by atoms with Crippen molar-refractivity contribution in [3.8, 4) is 17.1 Å². The van der Waals surface area contributed by atoms with Crippen molar-refractivity contribution in [2.24, 2.45) is 0 Å².